The van der Waals surface area contributed by atoms with Gasteiger partial charge < -0.3 is 9.47 Å². The molecule has 0 radical (unpaired) electrons. The Morgan fingerprint density at radius 2 is 1.32 bits per heavy atom. The quantitative estimate of drug-likeness (QED) is 0.351. The molecule has 0 aliphatic heterocycles. The Balaban J connectivity index is 2.27. The van der Waals surface area contributed by atoms with Gasteiger partial charge in [-0.05, 0) is 72.1 Å². The van der Waals surface area contributed by atoms with Gasteiger partial charge in [0.25, 0.3) is 0 Å². The van der Waals surface area contributed by atoms with Gasteiger partial charge in [0, 0.05) is 0 Å². The van der Waals surface area contributed by atoms with E-state index in [1.54, 1.807) is 0 Å². The summed E-state index contributed by atoms with van der Waals surface area (Å²) in [6.07, 6.45) is 6.02. The molecule has 0 atom stereocenters. The van der Waals surface area contributed by atoms with Crippen molar-refractivity contribution in [3.8, 4) is 11.5 Å². The fraction of sp³-hybridized carbons (Fsp3) is 0.480. The van der Waals surface area contributed by atoms with Crippen LogP contribution >= 0.6 is 0 Å². The van der Waals surface area contributed by atoms with E-state index in [9.17, 15) is 4.79 Å². The first-order valence-corrected chi connectivity index (χ1v) is 10.7. The van der Waals surface area contributed by atoms with Crippen LogP contribution in [-0.2, 0) is 32.1 Å². The standard InChI is InChI=1S/C25H34O3/c1-6-12-19-14-11-15-23(22(19)13-7-2)27-25(26)28-24-17-16-18(8-3)20(9-4)21(24)10-5/h11,14-17H,6-10,12-13H2,1-5H3. The third-order valence-corrected chi connectivity index (χ3v) is 5.21. The molecule has 0 aromatic heterocycles. The van der Waals surface area contributed by atoms with Crippen molar-refractivity contribution in [2.75, 3.05) is 0 Å². The molecule has 2 rings (SSSR count). The van der Waals surface area contributed by atoms with Crippen LogP contribution in [-0.4, -0.2) is 6.16 Å². The van der Waals surface area contributed by atoms with E-state index in [-0.39, 0.29) is 0 Å². The van der Waals surface area contributed by atoms with Gasteiger partial charge >= 0.3 is 6.16 Å². The third kappa shape index (κ3) is 5.15. The monoisotopic (exact) mass is 382 g/mol. The van der Waals surface area contributed by atoms with Crippen LogP contribution in [0.2, 0.25) is 0 Å². The first kappa shape index (κ1) is 22.0. The summed E-state index contributed by atoms with van der Waals surface area (Å²) in [5.74, 6) is 1.24. The lowest BCUT2D eigenvalue weighted by Gasteiger charge is -2.17. The van der Waals surface area contributed by atoms with Crippen molar-refractivity contribution in [2.24, 2.45) is 0 Å². The van der Waals surface area contributed by atoms with Gasteiger partial charge in [0.1, 0.15) is 11.5 Å². The molecule has 0 saturated carbocycles. The van der Waals surface area contributed by atoms with E-state index in [0.29, 0.717) is 11.5 Å². The lowest BCUT2D eigenvalue weighted by atomic mass is 9.95. The first-order chi connectivity index (χ1) is 13.6. The number of benzene rings is 2. The van der Waals surface area contributed by atoms with Gasteiger partial charge in [-0.1, -0.05) is 65.7 Å². The minimum atomic E-state index is -0.660. The molecule has 0 aliphatic carbocycles. The first-order valence-electron chi connectivity index (χ1n) is 10.7. The van der Waals surface area contributed by atoms with Gasteiger partial charge in [-0.15, -0.1) is 0 Å². The van der Waals surface area contributed by atoms with Crippen LogP contribution in [0.15, 0.2) is 30.3 Å². The summed E-state index contributed by atoms with van der Waals surface area (Å²) >= 11 is 0. The van der Waals surface area contributed by atoms with Crippen molar-refractivity contribution in [2.45, 2.75) is 79.6 Å². The second-order valence-electron chi connectivity index (χ2n) is 7.09. The molecule has 152 valence electrons. The molecule has 2 aromatic carbocycles. The van der Waals surface area contributed by atoms with Crippen LogP contribution in [0, 0.1) is 0 Å². The van der Waals surface area contributed by atoms with Crippen molar-refractivity contribution in [1.29, 1.82) is 0 Å². The minimum Gasteiger partial charge on any atom is -0.394 e. The van der Waals surface area contributed by atoms with Gasteiger partial charge in [0.05, 0.1) is 0 Å². The predicted molar refractivity (Wildman–Crippen MR) is 116 cm³/mol. The summed E-state index contributed by atoms with van der Waals surface area (Å²) in [6, 6.07) is 9.90. The van der Waals surface area contributed by atoms with Crippen LogP contribution in [0.25, 0.3) is 0 Å². The number of aryl methyl sites for hydroxylation is 2. The Morgan fingerprint density at radius 3 is 1.89 bits per heavy atom. The van der Waals surface area contributed by atoms with Crippen LogP contribution in [0.5, 0.6) is 11.5 Å². The minimum absolute atomic E-state index is 0.614. The maximum atomic E-state index is 12.6. The maximum Gasteiger partial charge on any atom is 0.519 e. The third-order valence-electron chi connectivity index (χ3n) is 5.21. The number of carbonyl (C=O) groups is 1. The molecule has 0 saturated heterocycles. The van der Waals surface area contributed by atoms with Crippen molar-refractivity contribution in [1.82, 2.24) is 0 Å². The van der Waals surface area contributed by atoms with E-state index >= 15 is 0 Å². The van der Waals surface area contributed by atoms with E-state index < -0.39 is 6.16 Å². The van der Waals surface area contributed by atoms with Gasteiger partial charge in [-0.2, -0.15) is 0 Å². The highest BCUT2D eigenvalue weighted by atomic mass is 16.7. The highest BCUT2D eigenvalue weighted by Gasteiger charge is 2.17. The normalized spacial score (nSPS) is 10.8. The molecule has 0 fully saturated rings. The Bertz CT molecular complexity index is 793. The molecule has 0 spiro atoms. The molecule has 0 amide bonds. The fourth-order valence-electron chi connectivity index (χ4n) is 3.92. The van der Waals surface area contributed by atoms with Gasteiger partial charge in [0.2, 0.25) is 0 Å². The van der Waals surface area contributed by atoms with E-state index in [1.807, 2.05) is 18.2 Å². The second kappa shape index (κ2) is 10.9. The van der Waals surface area contributed by atoms with Crippen LogP contribution in [0.1, 0.15) is 75.3 Å². The highest BCUT2D eigenvalue weighted by Crippen LogP contribution is 2.29. The van der Waals surface area contributed by atoms with E-state index in [1.165, 1.54) is 16.7 Å². The zero-order chi connectivity index (χ0) is 20.5. The second-order valence-corrected chi connectivity index (χ2v) is 7.09. The topological polar surface area (TPSA) is 35.5 Å². The van der Waals surface area contributed by atoms with Crippen molar-refractivity contribution < 1.29 is 14.3 Å². The molecule has 0 heterocycles. The Morgan fingerprint density at radius 1 is 0.679 bits per heavy atom. The molecular weight excluding hydrogens is 348 g/mol. The molecule has 0 aliphatic rings. The number of ether oxygens (including phenoxy) is 2. The number of carbonyl (C=O) groups excluding carboxylic acids is 1. The zero-order valence-electron chi connectivity index (χ0n) is 18.1. The largest absolute Gasteiger partial charge is 0.519 e. The summed E-state index contributed by atoms with van der Waals surface area (Å²) < 4.78 is 11.3. The molecule has 28 heavy (non-hydrogen) atoms. The van der Waals surface area contributed by atoms with E-state index in [2.05, 4.69) is 46.8 Å². The van der Waals surface area contributed by atoms with Gasteiger partial charge in [-0.25, -0.2) is 4.79 Å². The maximum absolute atomic E-state index is 12.6. The molecular formula is C25H34O3. The number of hydrogen-bond acceptors (Lipinski definition) is 3. The summed E-state index contributed by atoms with van der Waals surface area (Å²) in [5.41, 5.74) is 6.08. The van der Waals surface area contributed by atoms with Crippen LogP contribution < -0.4 is 9.47 Å². The van der Waals surface area contributed by atoms with Crippen LogP contribution in [0.3, 0.4) is 0 Å². The summed E-state index contributed by atoms with van der Waals surface area (Å²) in [5, 5.41) is 0. The predicted octanol–water partition coefficient (Wildman–Crippen LogP) is 6.86. The van der Waals surface area contributed by atoms with Gasteiger partial charge in [0.15, 0.2) is 0 Å². The highest BCUT2D eigenvalue weighted by molar-refractivity contribution is 5.69. The number of rotatable bonds is 9. The SMILES string of the molecule is CCCc1cccc(OC(=O)Oc2ccc(CC)c(CC)c2CC)c1CCC. The molecule has 0 unspecified atom stereocenters. The zero-order valence-corrected chi connectivity index (χ0v) is 18.1. The lowest BCUT2D eigenvalue weighted by Crippen LogP contribution is -2.17. The molecule has 2 aromatic rings. The summed E-state index contributed by atoms with van der Waals surface area (Å²) in [4.78, 5) is 12.6. The molecule has 0 bridgehead atoms. The summed E-state index contributed by atoms with van der Waals surface area (Å²) in [7, 11) is 0. The fourth-order valence-corrected chi connectivity index (χ4v) is 3.92. The van der Waals surface area contributed by atoms with Crippen molar-refractivity contribution in [3.05, 3.63) is 58.1 Å². The van der Waals surface area contributed by atoms with Gasteiger partial charge in [-0.3, -0.25) is 0 Å². The average molecular weight is 383 g/mol. The van der Waals surface area contributed by atoms with Crippen LogP contribution in [0.4, 0.5) is 4.79 Å². The number of hydrogen-bond donors (Lipinski definition) is 0. The Hall–Kier alpha value is -2.29. The Kier molecular flexibility index (Phi) is 8.56. The van der Waals surface area contributed by atoms with E-state index in [0.717, 1.165) is 56.1 Å². The summed E-state index contributed by atoms with van der Waals surface area (Å²) in [6.45, 7) is 10.7. The van der Waals surface area contributed by atoms with Crippen molar-refractivity contribution in [3.63, 3.8) is 0 Å². The molecule has 3 heteroatoms. The average Bonchev–Trinajstić information content (AvgIpc) is 2.70. The molecule has 3 nitrogen and oxygen atoms in total. The molecule has 0 N–H and O–H groups in total. The Labute approximate surface area is 170 Å². The van der Waals surface area contributed by atoms with E-state index in [4.69, 9.17) is 9.47 Å². The smallest absolute Gasteiger partial charge is 0.394 e. The lowest BCUT2D eigenvalue weighted by molar-refractivity contribution is 0.151. The van der Waals surface area contributed by atoms with Crippen molar-refractivity contribution >= 4 is 6.16 Å².